The summed E-state index contributed by atoms with van der Waals surface area (Å²) in [6.45, 7) is 4.06. The molecule has 17 heavy (non-hydrogen) atoms. The first kappa shape index (κ1) is 12.3. The summed E-state index contributed by atoms with van der Waals surface area (Å²) in [5.74, 6) is 0. The van der Waals surface area contributed by atoms with E-state index in [0.29, 0.717) is 19.2 Å². The largest absolute Gasteiger partial charge is 0.383 e. The second-order valence-electron chi connectivity index (χ2n) is 4.58. The number of hydrogen-bond acceptors (Lipinski definition) is 3. The van der Waals surface area contributed by atoms with Crippen LogP contribution in [-0.2, 0) is 11.3 Å². The van der Waals surface area contributed by atoms with Crippen molar-refractivity contribution in [2.75, 3.05) is 20.3 Å². The van der Waals surface area contributed by atoms with Crippen LogP contribution in [0.25, 0.3) is 0 Å². The highest BCUT2D eigenvalue weighted by Gasteiger charge is 2.26. The Labute approximate surface area is 102 Å². The smallest absolute Gasteiger partial charge is 0.255 e. The fraction of sp³-hybridized carbons (Fsp3) is 0.615. The van der Waals surface area contributed by atoms with Crippen LogP contribution in [0.1, 0.15) is 30.1 Å². The molecular formula is C13H20N2O2. The van der Waals surface area contributed by atoms with Crippen molar-refractivity contribution in [2.24, 2.45) is 0 Å². The van der Waals surface area contributed by atoms with Gasteiger partial charge in [0.25, 0.3) is 5.56 Å². The molecule has 1 N–H and O–H groups in total. The van der Waals surface area contributed by atoms with E-state index >= 15 is 0 Å². The minimum absolute atomic E-state index is 0.164. The van der Waals surface area contributed by atoms with Gasteiger partial charge in [0.2, 0.25) is 0 Å². The number of pyridine rings is 1. The molecule has 1 fully saturated rings. The summed E-state index contributed by atoms with van der Waals surface area (Å²) in [6.07, 6.45) is 2.28. The van der Waals surface area contributed by atoms with Crippen molar-refractivity contribution >= 4 is 0 Å². The number of aryl methyl sites for hydroxylation is 1. The summed E-state index contributed by atoms with van der Waals surface area (Å²) in [5.41, 5.74) is 2.08. The van der Waals surface area contributed by atoms with Gasteiger partial charge in [0.15, 0.2) is 0 Å². The second kappa shape index (κ2) is 5.47. The Morgan fingerprint density at radius 2 is 2.24 bits per heavy atom. The third kappa shape index (κ3) is 2.96. The van der Waals surface area contributed by atoms with E-state index in [2.05, 4.69) is 5.32 Å². The Bertz CT molecular complexity index is 436. The maximum atomic E-state index is 12.2. The molecule has 0 aromatic carbocycles. The molecule has 1 aliphatic carbocycles. The molecule has 2 rings (SSSR count). The monoisotopic (exact) mass is 236 g/mol. The number of nitrogens with one attached hydrogen (secondary N) is 1. The van der Waals surface area contributed by atoms with Crippen molar-refractivity contribution in [3.63, 3.8) is 0 Å². The zero-order valence-corrected chi connectivity index (χ0v) is 10.5. The van der Waals surface area contributed by atoms with Crippen molar-refractivity contribution in [2.45, 2.75) is 32.4 Å². The fourth-order valence-corrected chi connectivity index (χ4v) is 2.01. The third-order valence-electron chi connectivity index (χ3n) is 3.11. The molecule has 0 bridgehead atoms. The fourth-order valence-electron chi connectivity index (χ4n) is 2.01. The van der Waals surface area contributed by atoms with E-state index in [1.165, 1.54) is 0 Å². The molecular weight excluding hydrogens is 216 g/mol. The predicted octanol–water partition coefficient (Wildman–Crippen LogP) is 1.23. The third-order valence-corrected chi connectivity index (χ3v) is 3.11. The first-order valence-corrected chi connectivity index (χ1v) is 6.14. The van der Waals surface area contributed by atoms with Crippen LogP contribution in [0.3, 0.4) is 0 Å². The Morgan fingerprint density at radius 3 is 2.88 bits per heavy atom. The second-order valence-corrected chi connectivity index (χ2v) is 4.58. The number of nitrogens with zero attached hydrogens (tertiary/aromatic N) is 1. The van der Waals surface area contributed by atoms with Gasteiger partial charge in [0.1, 0.15) is 0 Å². The van der Waals surface area contributed by atoms with E-state index in [1.807, 2.05) is 23.6 Å². The summed E-state index contributed by atoms with van der Waals surface area (Å²) in [7, 11) is 1.67. The zero-order valence-electron chi connectivity index (χ0n) is 10.5. The SMILES string of the molecule is COCCNCc1ccc(C)n(C2CC2)c1=O. The van der Waals surface area contributed by atoms with Gasteiger partial charge in [0, 0.05) is 37.5 Å². The van der Waals surface area contributed by atoms with Crippen molar-refractivity contribution in [1.29, 1.82) is 0 Å². The topological polar surface area (TPSA) is 43.3 Å². The summed E-state index contributed by atoms with van der Waals surface area (Å²) in [5, 5.41) is 3.21. The average Bonchev–Trinajstić information content (AvgIpc) is 3.11. The molecule has 1 aliphatic rings. The Morgan fingerprint density at radius 1 is 1.47 bits per heavy atom. The minimum atomic E-state index is 0.164. The van der Waals surface area contributed by atoms with Gasteiger partial charge in [-0.2, -0.15) is 0 Å². The van der Waals surface area contributed by atoms with Crippen LogP contribution < -0.4 is 10.9 Å². The van der Waals surface area contributed by atoms with Crippen LogP contribution in [-0.4, -0.2) is 24.8 Å². The highest BCUT2D eigenvalue weighted by Crippen LogP contribution is 2.34. The lowest BCUT2D eigenvalue weighted by Crippen LogP contribution is -2.29. The Balaban J connectivity index is 2.07. The molecule has 0 saturated heterocycles. The van der Waals surface area contributed by atoms with Crippen molar-refractivity contribution in [3.8, 4) is 0 Å². The highest BCUT2D eigenvalue weighted by molar-refractivity contribution is 5.17. The van der Waals surface area contributed by atoms with Crippen LogP contribution >= 0.6 is 0 Å². The van der Waals surface area contributed by atoms with Gasteiger partial charge in [0.05, 0.1) is 6.61 Å². The maximum Gasteiger partial charge on any atom is 0.255 e. The Hall–Kier alpha value is -1.13. The van der Waals surface area contributed by atoms with Gasteiger partial charge in [-0.1, -0.05) is 6.07 Å². The summed E-state index contributed by atoms with van der Waals surface area (Å²) < 4.78 is 6.89. The van der Waals surface area contributed by atoms with Crippen molar-refractivity contribution in [3.05, 3.63) is 33.7 Å². The van der Waals surface area contributed by atoms with Gasteiger partial charge in [-0.25, -0.2) is 0 Å². The molecule has 0 spiro atoms. The van der Waals surface area contributed by atoms with Gasteiger partial charge in [-0.05, 0) is 25.8 Å². The van der Waals surface area contributed by atoms with Crippen molar-refractivity contribution < 1.29 is 4.74 Å². The first-order valence-electron chi connectivity index (χ1n) is 6.14. The molecule has 0 atom stereocenters. The lowest BCUT2D eigenvalue weighted by Gasteiger charge is -2.11. The number of aromatic nitrogens is 1. The molecule has 1 aromatic heterocycles. The summed E-state index contributed by atoms with van der Waals surface area (Å²) in [6, 6.07) is 4.41. The Kier molecular flexibility index (Phi) is 3.97. The van der Waals surface area contributed by atoms with E-state index < -0.39 is 0 Å². The number of ether oxygens (including phenoxy) is 1. The predicted molar refractivity (Wildman–Crippen MR) is 67.3 cm³/mol. The molecule has 1 saturated carbocycles. The van der Waals surface area contributed by atoms with Gasteiger partial charge >= 0.3 is 0 Å². The molecule has 1 aromatic rings. The van der Waals surface area contributed by atoms with E-state index in [-0.39, 0.29) is 5.56 Å². The molecule has 4 nitrogen and oxygen atoms in total. The molecule has 1 heterocycles. The standard InChI is InChI=1S/C13H20N2O2/c1-10-3-4-11(9-14-7-8-17-2)13(16)15(10)12-5-6-12/h3-4,12,14H,5-9H2,1-2H3. The maximum absolute atomic E-state index is 12.2. The lowest BCUT2D eigenvalue weighted by molar-refractivity contribution is 0.199. The normalized spacial score (nSPS) is 15.2. The lowest BCUT2D eigenvalue weighted by atomic mass is 10.2. The molecule has 0 unspecified atom stereocenters. The first-order chi connectivity index (χ1) is 8.24. The number of hydrogen-bond donors (Lipinski definition) is 1. The highest BCUT2D eigenvalue weighted by atomic mass is 16.5. The summed E-state index contributed by atoms with van der Waals surface area (Å²) in [4.78, 5) is 12.2. The average molecular weight is 236 g/mol. The minimum Gasteiger partial charge on any atom is -0.383 e. The number of methoxy groups -OCH3 is 1. The quantitative estimate of drug-likeness (QED) is 0.755. The zero-order chi connectivity index (χ0) is 12.3. The van der Waals surface area contributed by atoms with Crippen LogP contribution in [0.2, 0.25) is 0 Å². The van der Waals surface area contributed by atoms with E-state index in [0.717, 1.165) is 30.6 Å². The van der Waals surface area contributed by atoms with E-state index in [4.69, 9.17) is 4.74 Å². The molecule has 0 aliphatic heterocycles. The van der Waals surface area contributed by atoms with Crippen LogP contribution in [0.15, 0.2) is 16.9 Å². The van der Waals surface area contributed by atoms with Crippen LogP contribution in [0.5, 0.6) is 0 Å². The van der Waals surface area contributed by atoms with E-state index in [1.54, 1.807) is 7.11 Å². The molecule has 0 amide bonds. The van der Waals surface area contributed by atoms with Crippen LogP contribution in [0, 0.1) is 6.92 Å². The van der Waals surface area contributed by atoms with Crippen LogP contribution in [0.4, 0.5) is 0 Å². The van der Waals surface area contributed by atoms with Gasteiger partial charge in [-0.15, -0.1) is 0 Å². The van der Waals surface area contributed by atoms with Gasteiger partial charge in [-0.3, -0.25) is 4.79 Å². The molecule has 0 radical (unpaired) electrons. The molecule has 94 valence electrons. The van der Waals surface area contributed by atoms with E-state index in [9.17, 15) is 4.79 Å². The molecule has 4 heteroatoms. The number of rotatable bonds is 6. The van der Waals surface area contributed by atoms with Gasteiger partial charge < -0.3 is 14.6 Å². The summed E-state index contributed by atoms with van der Waals surface area (Å²) >= 11 is 0. The van der Waals surface area contributed by atoms with Crippen molar-refractivity contribution in [1.82, 2.24) is 9.88 Å².